The average molecular weight is 465 g/mol. The number of ketones is 2. The summed E-state index contributed by atoms with van der Waals surface area (Å²) in [5, 5.41) is 23.5. The molecule has 10 heteroatoms. The molecule has 0 aliphatic heterocycles. The third kappa shape index (κ3) is 12.5. The molecule has 10 nitrogen and oxygen atoms in total. The number of aliphatic hydroxyl groups is 2. The van der Waals surface area contributed by atoms with Gasteiger partial charge in [-0.25, -0.2) is 0 Å². The van der Waals surface area contributed by atoms with Gasteiger partial charge in [0.2, 0.25) is 11.8 Å². The normalized spacial score (nSPS) is 10.4. The Kier molecular flexibility index (Phi) is 13.2. The molecular formula is C23H32N2O8. The van der Waals surface area contributed by atoms with E-state index in [0.29, 0.717) is 29.7 Å². The van der Waals surface area contributed by atoms with E-state index in [1.54, 1.807) is 18.2 Å². The molecule has 0 spiro atoms. The number of aliphatic hydroxyl groups excluding tert-OH is 2. The van der Waals surface area contributed by atoms with E-state index in [2.05, 4.69) is 15.4 Å². The van der Waals surface area contributed by atoms with Crippen molar-refractivity contribution in [2.75, 3.05) is 19.0 Å². The number of carbonyl (C=O) groups excluding carboxylic acids is 5. The largest absolute Gasteiger partial charge is 0.469 e. The number of nitrogens with one attached hydrogen (secondary N) is 2. The number of esters is 1. The van der Waals surface area contributed by atoms with Gasteiger partial charge in [0.1, 0.15) is 5.78 Å². The molecule has 0 saturated heterocycles. The van der Waals surface area contributed by atoms with E-state index >= 15 is 0 Å². The number of ether oxygens (including phenoxy) is 1. The van der Waals surface area contributed by atoms with Crippen molar-refractivity contribution in [1.29, 1.82) is 0 Å². The number of unbranched alkanes of at least 4 members (excludes halogenated alkanes) is 1. The lowest BCUT2D eigenvalue weighted by Crippen LogP contribution is -2.30. The van der Waals surface area contributed by atoms with Gasteiger partial charge in [-0.05, 0) is 36.1 Å². The second-order valence-corrected chi connectivity index (χ2v) is 7.54. The van der Waals surface area contributed by atoms with Crippen LogP contribution in [0.4, 0.5) is 5.69 Å². The fourth-order valence-electron chi connectivity index (χ4n) is 2.94. The van der Waals surface area contributed by atoms with Crippen molar-refractivity contribution in [3.63, 3.8) is 0 Å². The molecule has 0 radical (unpaired) electrons. The maximum absolute atomic E-state index is 12.1. The zero-order chi connectivity index (χ0) is 24.6. The van der Waals surface area contributed by atoms with Gasteiger partial charge in [0.05, 0.1) is 26.9 Å². The molecule has 0 aliphatic rings. The van der Waals surface area contributed by atoms with Crippen LogP contribution in [-0.4, -0.2) is 53.2 Å². The van der Waals surface area contributed by atoms with Crippen LogP contribution in [0.1, 0.15) is 62.5 Å². The van der Waals surface area contributed by atoms with E-state index in [0.717, 1.165) is 0 Å². The summed E-state index contributed by atoms with van der Waals surface area (Å²) in [6, 6.07) is 4.75. The number of carbonyl (C=O) groups is 5. The van der Waals surface area contributed by atoms with Gasteiger partial charge in [0.25, 0.3) is 0 Å². The maximum Gasteiger partial charge on any atom is 0.305 e. The Morgan fingerprint density at radius 1 is 0.758 bits per heavy atom. The van der Waals surface area contributed by atoms with Crippen LogP contribution in [0.5, 0.6) is 0 Å². The first kappa shape index (κ1) is 27.9. The van der Waals surface area contributed by atoms with Gasteiger partial charge in [-0.15, -0.1) is 0 Å². The van der Waals surface area contributed by atoms with Crippen molar-refractivity contribution in [2.24, 2.45) is 0 Å². The molecule has 2 amide bonds. The molecular weight excluding hydrogens is 432 g/mol. The molecule has 4 N–H and O–H groups in total. The first-order valence-corrected chi connectivity index (χ1v) is 10.8. The minimum absolute atomic E-state index is 0.0298. The Bertz CT molecular complexity index is 816. The predicted octanol–water partition coefficient (Wildman–Crippen LogP) is 1.16. The topological polar surface area (TPSA) is 159 Å². The molecule has 182 valence electrons. The summed E-state index contributed by atoms with van der Waals surface area (Å²) in [7, 11) is 1.30. The van der Waals surface area contributed by atoms with Crippen LogP contribution in [-0.2, 0) is 41.9 Å². The number of rotatable bonds is 16. The number of hydrogen-bond donors (Lipinski definition) is 4. The van der Waals surface area contributed by atoms with Gasteiger partial charge in [-0.2, -0.15) is 0 Å². The average Bonchev–Trinajstić information content (AvgIpc) is 2.82. The molecule has 0 unspecified atom stereocenters. The zero-order valence-corrected chi connectivity index (χ0v) is 18.9. The predicted molar refractivity (Wildman–Crippen MR) is 119 cm³/mol. The van der Waals surface area contributed by atoms with Crippen LogP contribution in [0.2, 0.25) is 0 Å². The summed E-state index contributed by atoms with van der Waals surface area (Å²) in [5.74, 6) is -1.57. The van der Waals surface area contributed by atoms with Gasteiger partial charge < -0.3 is 25.6 Å². The standard InChI is InChI=1S/C23H32N2O8/c1-33-23(32)5-3-2-4-19(28)6-8-21(30)24-13-20(29)7-9-22(31)25-18-11-16(14-26)10-17(12-18)15-27/h10-12,26-27H,2-9,13-15H2,1H3,(H,24,30)(H,25,31). The van der Waals surface area contributed by atoms with E-state index in [-0.39, 0.29) is 75.8 Å². The van der Waals surface area contributed by atoms with E-state index in [1.165, 1.54) is 7.11 Å². The quantitative estimate of drug-likeness (QED) is 0.209. The highest BCUT2D eigenvalue weighted by Gasteiger charge is 2.12. The Morgan fingerprint density at radius 3 is 1.94 bits per heavy atom. The molecule has 0 fully saturated rings. The lowest BCUT2D eigenvalue weighted by molar-refractivity contribution is -0.140. The van der Waals surface area contributed by atoms with Crippen molar-refractivity contribution < 1.29 is 38.9 Å². The van der Waals surface area contributed by atoms with Gasteiger partial charge in [-0.3, -0.25) is 24.0 Å². The number of methoxy groups -OCH3 is 1. The van der Waals surface area contributed by atoms with Crippen LogP contribution in [0.15, 0.2) is 18.2 Å². The third-order valence-electron chi connectivity index (χ3n) is 4.76. The minimum atomic E-state index is -0.423. The first-order valence-electron chi connectivity index (χ1n) is 10.8. The summed E-state index contributed by atoms with van der Waals surface area (Å²) in [4.78, 5) is 58.6. The van der Waals surface area contributed by atoms with E-state index < -0.39 is 11.8 Å². The molecule has 0 bridgehead atoms. The summed E-state index contributed by atoms with van der Waals surface area (Å²) in [6.45, 7) is -0.708. The van der Waals surface area contributed by atoms with Crippen molar-refractivity contribution in [3.8, 4) is 0 Å². The molecule has 1 rings (SSSR count). The molecule has 0 atom stereocenters. The number of anilines is 1. The molecule has 0 heterocycles. The van der Waals surface area contributed by atoms with Crippen LogP contribution >= 0.6 is 0 Å². The molecule has 0 saturated carbocycles. The minimum Gasteiger partial charge on any atom is -0.469 e. The number of hydrogen-bond acceptors (Lipinski definition) is 8. The second-order valence-electron chi connectivity index (χ2n) is 7.54. The highest BCUT2D eigenvalue weighted by molar-refractivity contribution is 5.95. The molecule has 1 aromatic rings. The highest BCUT2D eigenvalue weighted by atomic mass is 16.5. The van der Waals surface area contributed by atoms with Crippen LogP contribution in [0.3, 0.4) is 0 Å². The van der Waals surface area contributed by atoms with Crippen molar-refractivity contribution in [3.05, 3.63) is 29.3 Å². The molecule has 1 aromatic carbocycles. The van der Waals surface area contributed by atoms with Gasteiger partial charge in [-0.1, -0.05) is 6.07 Å². The smallest absolute Gasteiger partial charge is 0.305 e. The van der Waals surface area contributed by atoms with Gasteiger partial charge >= 0.3 is 5.97 Å². The lowest BCUT2D eigenvalue weighted by atomic mass is 10.1. The van der Waals surface area contributed by atoms with Crippen LogP contribution < -0.4 is 10.6 Å². The second kappa shape index (κ2) is 15.7. The van der Waals surface area contributed by atoms with Gasteiger partial charge in [0, 0.05) is 44.2 Å². The van der Waals surface area contributed by atoms with Crippen LogP contribution in [0.25, 0.3) is 0 Å². The summed E-state index contributed by atoms with van der Waals surface area (Å²) < 4.78 is 4.51. The summed E-state index contributed by atoms with van der Waals surface area (Å²) in [5.41, 5.74) is 1.48. The third-order valence-corrected chi connectivity index (χ3v) is 4.76. The number of amides is 2. The van der Waals surface area contributed by atoms with E-state index in [1.807, 2.05) is 0 Å². The summed E-state index contributed by atoms with van der Waals surface area (Å²) >= 11 is 0. The van der Waals surface area contributed by atoms with Gasteiger partial charge in [0.15, 0.2) is 5.78 Å². The number of benzene rings is 1. The van der Waals surface area contributed by atoms with Crippen molar-refractivity contribution in [2.45, 2.75) is 64.6 Å². The number of Topliss-reactive ketones (excluding diaryl/α,β-unsaturated/α-hetero) is 2. The molecule has 0 aliphatic carbocycles. The van der Waals surface area contributed by atoms with E-state index in [4.69, 9.17) is 0 Å². The highest BCUT2D eigenvalue weighted by Crippen LogP contribution is 2.16. The van der Waals surface area contributed by atoms with E-state index in [9.17, 15) is 34.2 Å². The van der Waals surface area contributed by atoms with Crippen molar-refractivity contribution >= 4 is 35.0 Å². The SMILES string of the molecule is COC(=O)CCCCC(=O)CCC(=O)NCC(=O)CCC(=O)Nc1cc(CO)cc(CO)c1. The fraction of sp³-hybridized carbons (Fsp3) is 0.522. The lowest BCUT2D eigenvalue weighted by Gasteiger charge is -2.09. The molecule has 33 heavy (non-hydrogen) atoms. The summed E-state index contributed by atoms with van der Waals surface area (Å²) in [6.07, 6.45) is 1.49. The Hall–Kier alpha value is -3.11. The Morgan fingerprint density at radius 2 is 1.33 bits per heavy atom. The molecule has 0 aromatic heterocycles. The van der Waals surface area contributed by atoms with Crippen LogP contribution in [0, 0.1) is 0 Å². The fourth-order valence-corrected chi connectivity index (χ4v) is 2.94. The Balaban J connectivity index is 2.23. The first-order chi connectivity index (χ1) is 15.8. The van der Waals surface area contributed by atoms with Crippen molar-refractivity contribution in [1.82, 2.24) is 5.32 Å². The maximum atomic E-state index is 12.1. The Labute approximate surface area is 192 Å². The monoisotopic (exact) mass is 464 g/mol. The zero-order valence-electron chi connectivity index (χ0n) is 18.9.